The zero-order chi connectivity index (χ0) is 16.0. The number of carbonyl (C=O) groups excluding carboxylic acids is 1. The van der Waals surface area contributed by atoms with E-state index in [4.69, 9.17) is 0 Å². The number of aliphatic carboxylic acids is 1. The Morgan fingerprint density at radius 3 is 1.91 bits per heavy atom. The number of carboxylic acid groups (broad SMARTS) is 1. The Labute approximate surface area is 138 Å². The largest absolute Gasteiger partial charge is 0.480 e. The Bertz CT molecular complexity index is 460. The lowest BCUT2D eigenvalue weighted by molar-refractivity contribution is -0.153. The molecule has 4 heteroatoms. The third kappa shape index (κ3) is 2.78. The molecule has 2 N–H and O–H groups in total. The average molecular weight is 319 g/mol. The van der Waals surface area contributed by atoms with Gasteiger partial charge < -0.3 is 10.4 Å². The predicted molar refractivity (Wildman–Crippen MR) is 86.7 cm³/mol. The van der Waals surface area contributed by atoms with Crippen LogP contribution in [-0.2, 0) is 9.59 Å². The van der Waals surface area contributed by atoms with Crippen molar-refractivity contribution < 1.29 is 14.7 Å². The lowest BCUT2D eigenvalue weighted by atomic mass is 9.49. The monoisotopic (exact) mass is 319 g/mol. The van der Waals surface area contributed by atoms with Crippen molar-refractivity contribution in [3.8, 4) is 0 Å². The maximum atomic E-state index is 13.1. The van der Waals surface area contributed by atoms with Crippen molar-refractivity contribution >= 4 is 11.9 Å². The molecule has 1 amide bonds. The number of hydrogen-bond acceptors (Lipinski definition) is 2. The van der Waals surface area contributed by atoms with Crippen LogP contribution in [0, 0.1) is 29.1 Å². The first-order chi connectivity index (χ1) is 11.1. The zero-order valence-electron chi connectivity index (χ0n) is 13.9. The van der Waals surface area contributed by atoms with Crippen LogP contribution in [0.2, 0.25) is 0 Å². The molecule has 0 spiro atoms. The van der Waals surface area contributed by atoms with E-state index in [0.717, 1.165) is 44.9 Å². The number of carboxylic acids is 1. The molecule has 5 rings (SSSR count). The van der Waals surface area contributed by atoms with E-state index in [0.29, 0.717) is 17.8 Å². The Hall–Kier alpha value is -1.06. The number of nitrogens with one attached hydrogen (secondary N) is 1. The van der Waals surface area contributed by atoms with Crippen molar-refractivity contribution in [1.29, 1.82) is 0 Å². The average Bonchev–Trinajstić information content (AvgIpc) is 2.51. The van der Waals surface area contributed by atoms with Crippen molar-refractivity contribution in [2.75, 3.05) is 0 Å². The molecule has 128 valence electrons. The number of amides is 1. The highest BCUT2D eigenvalue weighted by atomic mass is 16.4. The van der Waals surface area contributed by atoms with Gasteiger partial charge in [-0.2, -0.15) is 0 Å². The normalized spacial score (nSPS) is 40.8. The van der Waals surface area contributed by atoms with Gasteiger partial charge in [0.05, 0.1) is 0 Å². The second kappa shape index (κ2) is 5.78. The summed E-state index contributed by atoms with van der Waals surface area (Å²) >= 11 is 0. The first-order valence-electron chi connectivity index (χ1n) is 9.59. The third-order valence-electron chi connectivity index (χ3n) is 7.19. The molecule has 0 aromatic rings. The SMILES string of the molecule is O=C(O)[C@@H](NC(=O)C12CC3CC(CC(C3)C1)C2)C1CCCCC1. The molecule has 0 aromatic carbocycles. The van der Waals surface area contributed by atoms with Gasteiger partial charge >= 0.3 is 5.97 Å². The van der Waals surface area contributed by atoms with Gasteiger partial charge in [-0.3, -0.25) is 4.79 Å². The van der Waals surface area contributed by atoms with Crippen molar-refractivity contribution in [3.63, 3.8) is 0 Å². The minimum atomic E-state index is -0.838. The first-order valence-corrected chi connectivity index (χ1v) is 9.59. The van der Waals surface area contributed by atoms with E-state index in [1.165, 1.54) is 25.7 Å². The van der Waals surface area contributed by atoms with Gasteiger partial charge in [-0.15, -0.1) is 0 Å². The van der Waals surface area contributed by atoms with Crippen molar-refractivity contribution in [3.05, 3.63) is 0 Å². The summed E-state index contributed by atoms with van der Waals surface area (Å²) in [5, 5.41) is 12.6. The van der Waals surface area contributed by atoms with Gasteiger partial charge in [0, 0.05) is 5.41 Å². The predicted octanol–water partition coefficient (Wildman–Crippen LogP) is 3.35. The van der Waals surface area contributed by atoms with Crippen LogP contribution in [0.25, 0.3) is 0 Å². The summed E-state index contributed by atoms with van der Waals surface area (Å²) in [6, 6.07) is -0.671. The summed E-state index contributed by atoms with van der Waals surface area (Å²) in [6.45, 7) is 0. The number of hydrogen-bond donors (Lipinski definition) is 2. The molecule has 5 aliphatic rings. The second-order valence-electron chi connectivity index (χ2n) is 8.89. The molecule has 0 unspecified atom stereocenters. The molecule has 23 heavy (non-hydrogen) atoms. The van der Waals surface area contributed by atoms with Crippen molar-refractivity contribution in [2.24, 2.45) is 29.1 Å². The Balaban J connectivity index is 1.48. The molecule has 4 nitrogen and oxygen atoms in total. The van der Waals surface area contributed by atoms with Crippen LogP contribution in [-0.4, -0.2) is 23.0 Å². The van der Waals surface area contributed by atoms with E-state index in [2.05, 4.69) is 5.32 Å². The van der Waals surface area contributed by atoms with Gasteiger partial charge in [-0.25, -0.2) is 4.79 Å². The highest BCUT2D eigenvalue weighted by Gasteiger charge is 2.55. The van der Waals surface area contributed by atoms with E-state index < -0.39 is 12.0 Å². The fraction of sp³-hybridized carbons (Fsp3) is 0.895. The molecular weight excluding hydrogens is 290 g/mol. The van der Waals surface area contributed by atoms with E-state index >= 15 is 0 Å². The molecule has 0 saturated heterocycles. The third-order valence-corrected chi connectivity index (χ3v) is 7.19. The highest BCUT2D eigenvalue weighted by Crippen LogP contribution is 2.60. The van der Waals surface area contributed by atoms with E-state index in [1.54, 1.807) is 0 Å². The smallest absolute Gasteiger partial charge is 0.326 e. The fourth-order valence-electron chi connectivity index (χ4n) is 6.53. The number of rotatable bonds is 4. The van der Waals surface area contributed by atoms with Crippen LogP contribution in [0.15, 0.2) is 0 Å². The zero-order valence-corrected chi connectivity index (χ0v) is 13.9. The fourth-order valence-corrected chi connectivity index (χ4v) is 6.53. The topological polar surface area (TPSA) is 66.4 Å². The summed E-state index contributed by atoms with van der Waals surface area (Å²) in [5.41, 5.74) is -0.239. The van der Waals surface area contributed by atoms with E-state index in [1.807, 2.05) is 0 Å². The lowest BCUT2D eigenvalue weighted by Gasteiger charge is -2.55. The molecule has 5 saturated carbocycles. The standard InChI is InChI=1S/C19H29NO3/c21-17(22)16(15-4-2-1-3-5-15)20-18(23)19-9-12-6-13(10-19)8-14(7-12)11-19/h12-16H,1-11H2,(H,20,23)(H,21,22)/t12?,13?,14?,16-,19?/m0/s1. The molecule has 5 aliphatic carbocycles. The van der Waals surface area contributed by atoms with Gasteiger partial charge in [0.2, 0.25) is 5.91 Å². The minimum Gasteiger partial charge on any atom is -0.480 e. The van der Waals surface area contributed by atoms with Crippen LogP contribution >= 0.6 is 0 Å². The maximum absolute atomic E-state index is 13.1. The van der Waals surface area contributed by atoms with Crippen LogP contribution in [0.1, 0.15) is 70.6 Å². The Morgan fingerprint density at radius 2 is 1.43 bits per heavy atom. The first kappa shape index (κ1) is 15.5. The van der Waals surface area contributed by atoms with Crippen molar-refractivity contribution in [1.82, 2.24) is 5.32 Å². The molecule has 0 radical (unpaired) electrons. The molecule has 5 fully saturated rings. The molecule has 0 aromatic heterocycles. The molecular formula is C19H29NO3. The molecule has 1 atom stereocenters. The van der Waals surface area contributed by atoms with E-state index in [-0.39, 0.29) is 17.2 Å². The quantitative estimate of drug-likeness (QED) is 0.835. The molecule has 4 bridgehead atoms. The lowest BCUT2D eigenvalue weighted by Crippen LogP contribution is -2.57. The second-order valence-corrected chi connectivity index (χ2v) is 8.89. The molecule has 0 aliphatic heterocycles. The maximum Gasteiger partial charge on any atom is 0.326 e. The highest BCUT2D eigenvalue weighted by molar-refractivity contribution is 5.88. The summed E-state index contributed by atoms with van der Waals surface area (Å²) in [5.74, 6) is 1.49. The van der Waals surface area contributed by atoms with E-state index in [9.17, 15) is 14.7 Å². The summed E-state index contributed by atoms with van der Waals surface area (Å²) < 4.78 is 0. The van der Waals surface area contributed by atoms with Crippen molar-refractivity contribution in [2.45, 2.75) is 76.7 Å². The summed E-state index contributed by atoms with van der Waals surface area (Å²) in [4.78, 5) is 24.8. The van der Waals surface area contributed by atoms with Gasteiger partial charge in [0.15, 0.2) is 0 Å². The molecule has 0 heterocycles. The van der Waals surface area contributed by atoms with Gasteiger partial charge in [0.1, 0.15) is 6.04 Å². The van der Waals surface area contributed by atoms with Gasteiger partial charge in [-0.1, -0.05) is 19.3 Å². The number of carbonyl (C=O) groups is 2. The minimum absolute atomic E-state index is 0.0644. The summed E-state index contributed by atoms with van der Waals surface area (Å²) in [6.07, 6.45) is 12.2. The van der Waals surface area contributed by atoms with Crippen LogP contribution in [0.3, 0.4) is 0 Å². The Kier molecular flexibility index (Phi) is 3.89. The summed E-state index contributed by atoms with van der Waals surface area (Å²) in [7, 11) is 0. The van der Waals surface area contributed by atoms with Gasteiger partial charge in [-0.05, 0) is 75.0 Å². The van der Waals surface area contributed by atoms with Crippen LogP contribution in [0.4, 0.5) is 0 Å². The van der Waals surface area contributed by atoms with Crippen LogP contribution < -0.4 is 5.32 Å². The van der Waals surface area contributed by atoms with Crippen LogP contribution in [0.5, 0.6) is 0 Å². The Morgan fingerprint density at radius 1 is 0.913 bits per heavy atom. The van der Waals surface area contributed by atoms with Gasteiger partial charge in [0.25, 0.3) is 0 Å².